The average molecular weight is 274 g/mol. The van der Waals surface area contributed by atoms with E-state index in [4.69, 9.17) is 10.9 Å². The van der Waals surface area contributed by atoms with Gasteiger partial charge in [0.05, 0.1) is 0 Å². The molecule has 20 heavy (non-hydrogen) atoms. The number of pyridine rings is 1. The number of nitrogens with two attached hydrogens (primary N) is 1. The van der Waals surface area contributed by atoms with E-state index in [2.05, 4.69) is 10.1 Å². The molecule has 0 aliphatic heterocycles. The lowest BCUT2D eigenvalue weighted by molar-refractivity contribution is 0.316. The molecule has 6 nitrogen and oxygen atoms in total. The Balaban J connectivity index is 2.39. The molecule has 1 aromatic heterocycles. The van der Waals surface area contributed by atoms with Gasteiger partial charge in [-0.1, -0.05) is 11.2 Å². The van der Waals surface area contributed by atoms with Crippen LogP contribution in [0.5, 0.6) is 5.75 Å². The maximum absolute atomic E-state index is 9.64. The minimum Gasteiger partial charge on any atom is -0.508 e. The van der Waals surface area contributed by atoms with Crippen molar-refractivity contribution in [2.45, 2.75) is 19.4 Å². The highest BCUT2D eigenvalue weighted by Crippen LogP contribution is 2.28. The number of aromatic nitrogens is 1. The van der Waals surface area contributed by atoms with Gasteiger partial charge in [0.15, 0.2) is 0 Å². The summed E-state index contributed by atoms with van der Waals surface area (Å²) in [6, 6.07) is 7.07. The Bertz CT molecular complexity index is 642. The lowest BCUT2D eigenvalue weighted by Crippen LogP contribution is -2.33. The van der Waals surface area contributed by atoms with Crippen LogP contribution in [0, 0.1) is 0 Å². The predicted molar refractivity (Wildman–Crippen MR) is 79.3 cm³/mol. The largest absolute Gasteiger partial charge is 0.508 e. The minimum absolute atomic E-state index is 0.00588. The summed E-state index contributed by atoms with van der Waals surface area (Å²) in [4.78, 5) is 6.32. The van der Waals surface area contributed by atoms with Crippen LogP contribution < -0.4 is 10.6 Å². The topological polar surface area (TPSA) is 95.0 Å². The molecular weight excluding hydrogens is 256 g/mol. The number of hydrogen-bond acceptors (Lipinski definition) is 5. The van der Waals surface area contributed by atoms with Gasteiger partial charge in [-0.25, -0.2) is 4.98 Å². The molecule has 0 saturated carbocycles. The number of fused-ring (bicyclic) bond motifs is 1. The summed E-state index contributed by atoms with van der Waals surface area (Å²) in [6.45, 7) is 1.96. The number of nitrogens with zero attached hydrogens (tertiary/aromatic N) is 3. The van der Waals surface area contributed by atoms with Crippen molar-refractivity contribution in [1.82, 2.24) is 4.98 Å². The van der Waals surface area contributed by atoms with Gasteiger partial charge in [0.1, 0.15) is 17.4 Å². The smallest absolute Gasteiger partial charge is 0.141 e. The van der Waals surface area contributed by atoms with Crippen molar-refractivity contribution in [3.8, 4) is 5.75 Å². The third-order valence-corrected chi connectivity index (χ3v) is 3.36. The highest BCUT2D eigenvalue weighted by molar-refractivity contribution is 5.93. The second kappa shape index (κ2) is 5.64. The first kappa shape index (κ1) is 13.9. The quantitative estimate of drug-likeness (QED) is 0.342. The predicted octanol–water partition coefficient (Wildman–Crippen LogP) is 1.90. The van der Waals surface area contributed by atoms with Crippen molar-refractivity contribution in [3.63, 3.8) is 0 Å². The summed E-state index contributed by atoms with van der Waals surface area (Å²) in [5.74, 6) is 1.12. The summed E-state index contributed by atoms with van der Waals surface area (Å²) in [7, 11) is 1.89. The van der Waals surface area contributed by atoms with E-state index >= 15 is 0 Å². The molecule has 1 atom stereocenters. The standard InChI is InChI=1S/C14H18N4O2/c1-9(7-13(15)17-20)18(2)14-12-8-11(19)4-3-10(12)5-6-16-14/h3-6,8-9,19-20H,7H2,1-2H3,(H2,15,17). The van der Waals surface area contributed by atoms with Crippen LogP contribution in [-0.2, 0) is 0 Å². The Morgan fingerprint density at radius 3 is 2.90 bits per heavy atom. The van der Waals surface area contributed by atoms with Crippen molar-refractivity contribution < 1.29 is 10.3 Å². The monoisotopic (exact) mass is 274 g/mol. The first-order valence-corrected chi connectivity index (χ1v) is 6.30. The molecular formula is C14H18N4O2. The third kappa shape index (κ3) is 2.74. The number of oxime groups is 1. The van der Waals surface area contributed by atoms with Crippen molar-refractivity contribution >= 4 is 22.4 Å². The van der Waals surface area contributed by atoms with Gasteiger partial charge in [-0.15, -0.1) is 0 Å². The van der Waals surface area contributed by atoms with Crippen LogP contribution in [0.3, 0.4) is 0 Å². The Hall–Kier alpha value is -2.50. The van der Waals surface area contributed by atoms with Gasteiger partial charge in [0, 0.05) is 31.1 Å². The molecule has 0 aliphatic carbocycles. The average Bonchev–Trinajstić information content (AvgIpc) is 2.45. The summed E-state index contributed by atoms with van der Waals surface area (Å²) in [6.07, 6.45) is 2.14. The van der Waals surface area contributed by atoms with Crippen LogP contribution >= 0.6 is 0 Å². The molecule has 106 valence electrons. The van der Waals surface area contributed by atoms with Gasteiger partial charge >= 0.3 is 0 Å². The zero-order valence-electron chi connectivity index (χ0n) is 11.5. The molecule has 2 aromatic rings. The summed E-state index contributed by atoms with van der Waals surface area (Å²) >= 11 is 0. The van der Waals surface area contributed by atoms with Gasteiger partial charge < -0.3 is 20.9 Å². The van der Waals surface area contributed by atoms with Crippen molar-refractivity contribution in [2.75, 3.05) is 11.9 Å². The molecule has 1 unspecified atom stereocenters. The maximum atomic E-state index is 9.64. The second-order valence-corrected chi connectivity index (χ2v) is 4.80. The number of phenols is 1. The number of hydrogen-bond donors (Lipinski definition) is 3. The molecule has 0 saturated heterocycles. The molecule has 0 spiro atoms. The van der Waals surface area contributed by atoms with Crippen LogP contribution in [0.25, 0.3) is 10.8 Å². The van der Waals surface area contributed by atoms with E-state index in [0.717, 1.165) is 16.6 Å². The first-order chi connectivity index (χ1) is 9.52. The highest BCUT2D eigenvalue weighted by atomic mass is 16.4. The van der Waals surface area contributed by atoms with E-state index < -0.39 is 0 Å². The van der Waals surface area contributed by atoms with Crippen molar-refractivity contribution in [3.05, 3.63) is 30.5 Å². The Morgan fingerprint density at radius 2 is 2.20 bits per heavy atom. The Kier molecular flexibility index (Phi) is 3.93. The Morgan fingerprint density at radius 1 is 1.45 bits per heavy atom. The molecule has 6 heteroatoms. The molecule has 0 amide bonds. The fourth-order valence-corrected chi connectivity index (χ4v) is 2.11. The zero-order valence-corrected chi connectivity index (χ0v) is 11.5. The van der Waals surface area contributed by atoms with Crippen LogP contribution in [0.4, 0.5) is 5.82 Å². The number of amidine groups is 1. The molecule has 0 bridgehead atoms. The number of aromatic hydroxyl groups is 1. The van der Waals surface area contributed by atoms with Crippen LogP contribution in [0.1, 0.15) is 13.3 Å². The van der Waals surface area contributed by atoms with Gasteiger partial charge in [0.2, 0.25) is 0 Å². The summed E-state index contributed by atoms with van der Waals surface area (Å²) < 4.78 is 0. The van der Waals surface area contributed by atoms with Gasteiger partial charge in [-0.05, 0) is 30.5 Å². The summed E-state index contributed by atoms with van der Waals surface area (Å²) in [5.41, 5.74) is 5.54. The van der Waals surface area contributed by atoms with Crippen LogP contribution in [-0.4, -0.2) is 34.2 Å². The molecule has 0 radical (unpaired) electrons. The lowest BCUT2D eigenvalue weighted by atomic mass is 10.1. The minimum atomic E-state index is 0.00588. The molecule has 0 fully saturated rings. The molecule has 2 rings (SSSR count). The first-order valence-electron chi connectivity index (χ1n) is 6.30. The molecule has 4 N–H and O–H groups in total. The Labute approximate surface area is 117 Å². The maximum Gasteiger partial charge on any atom is 0.141 e. The normalized spacial score (nSPS) is 13.4. The van der Waals surface area contributed by atoms with E-state index in [1.54, 1.807) is 18.3 Å². The third-order valence-electron chi connectivity index (χ3n) is 3.36. The number of phenolic OH excluding ortho intramolecular Hbond substituents is 1. The van der Waals surface area contributed by atoms with E-state index in [9.17, 15) is 5.11 Å². The molecule has 1 heterocycles. The number of rotatable bonds is 4. The number of benzene rings is 1. The fraction of sp³-hybridized carbons (Fsp3) is 0.286. The SMILES string of the molecule is CC(C/C(N)=N/O)N(C)c1nccc2ccc(O)cc12. The van der Waals surface area contributed by atoms with Crippen LogP contribution in [0.2, 0.25) is 0 Å². The fourth-order valence-electron chi connectivity index (χ4n) is 2.11. The van der Waals surface area contributed by atoms with Crippen molar-refractivity contribution in [1.29, 1.82) is 0 Å². The van der Waals surface area contributed by atoms with E-state index in [0.29, 0.717) is 6.42 Å². The van der Waals surface area contributed by atoms with E-state index in [-0.39, 0.29) is 17.6 Å². The van der Waals surface area contributed by atoms with Gasteiger partial charge in [-0.2, -0.15) is 0 Å². The highest BCUT2D eigenvalue weighted by Gasteiger charge is 2.15. The summed E-state index contributed by atoms with van der Waals surface area (Å²) in [5, 5.41) is 23.1. The van der Waals surface area contributed by atoms with Crippen LogP contribution in [0.15, 0.2) is 35.6 Å². The van der Waals surface area contributed by atoms with E-state index in [1.165, 1.54) is 0 Å². The van der Waals surface area contributed by atoms with Gasteiger partial charge in [0.25, 0.3) is 0 Å². The number of anilines is 1. The lowest BCUT2D eigenvalue weighted by Gasteiger charge is -2.26. The zero-order chi connectivity index (χ0) is 14.7. The molecule has 1 aromatic carbocycles. The second-order valence-electron chi connectivity index (χ2n) is 4.80. The van der Waals surface area contributed by atoms with Gasteiger partial charge in [-0.3, -0.25) is 0 Å². The van der Waals surface area contributed by atoms with E-state index in [1.807, 2.05) is 31.0 Å². The van der Waals surface area contributed by atoms with Crippen molar-refractivity contribution in [2.24, 2.45) is 10.9 Å². The molecule has 0 aliphatic rings.